The third-order valence-corrected chi connectivity index (χ3v) is 2.59. The number of hydrogen-bond donors (Lipinski definition) is 1. The summed E-state index contributed by atoms with van der Waals surface area (Å²) in [6.45, 7) is 2.09. The molecule has 0 aliphatic heterocycles. The fraction of sp³-hybridized carbons (Fsp3) is 0.200. The molecular formula is C15H15N. The van der Waals surface area contributed by atoms with E-state index in [2.05, 4.69) is 60.6 Å². The van der Waals surface area contributed by atoms with E-state index in [9.17, 15) is 0 Å². The third-order valence-electron chi connectivity index (χ3n) is 2.59. The summed E-state index contributed by atoms with van der Waals surface area (Å²) >= 11 is 0. The highest BCUT2D eigenvalue weighted by Crippen LogP contribution is 2.19. The molecule has 80 valence electrons. The van der Waals surface area contributed by atoms with E-state index in [4.69, 9.17) is 6.42 Å². The topological polar surface area (TPSA) is 12.0 Å². The second-order valence-electron chi connectivity index (χ2n) is 4.02. The minimum absolute atomic E-state index is 0.311. The molecule has 0 aromatic heterocycles. The molecule has 0 fully saturated rings. The molecule has 1 atom stereocenters. The predicted molar refractivity (Wildman–Crippen MR) is 70.5 cm³/mol. The summed E-state index contributed by atoms with van der Waals surface area (Å²) in [6.07, 6.45) is 6.03. The zero-order chi connectivity index (χ0) is 11.4. The number of benzene rings is 2. The second kappa shape index (κ2) is 4.72. The van der Waals surface area contributed by atoms with Crippen LogP contribution in [0.2, 0.25) is 0 Å². The van der Waals surface area contributed by atoms with Gasteiger partial charge in [-0.15, -0.1) is 12.3 Å². The number of nitrogens with one attached hydrogen (secondary N) is 1. The summed E-state index contributed by atoms with van der Waals surface area (Å²) in [7, 11) is 0. The lowest BCUT2D eigenvalue weighted by molar-refractivity contribution is 0.829. The molecular weight excluding hydrogens is 194 g/mol. The van der Waals surface area contributed by atoms with E-state index in [1.165, 1.54) is 10.8 Å². The summed E-state index contributed by atoms with van der Waals surface area (Å²) in [5.41, 5.74) is 1.13. The summed E-state index contributed by atoms with van der Waals surface area (Å²) in [5, 5.41) is 5.90. The van der Waals surface area contributed by atoms with Crippen molar-refractivity contribution < 1.29 is 0 Å². The van der Waals surface area contributed by atoms with Gasteiger partial charge in [0, 0.05) is 18.2 Å². The third kappa shape index (κ3) is 2.35. The van der Waals surface area contributed by atoms with Crippen LogP contribution in [-0.2, 0) is 0 Å². The molecule has 0 aliphatic carbocycles. The monoisotopic (exact) mass is 209 g/mol. The van der Waals surface area contributed by atoms with E-state index in [0.29, 0.717) is 6.04 Å². The van der Waals surface area contributed by atoms with E-state index in [1.54, 1.807) is 0 Å². The lowest BCUT2D eigenvalue weighted by Crippen LogP contribution is -2.13. The van der Waals surface area contributed by atoms with Crippen molar-refractivity contribution in [3.8, 4) is 12.3 Å². The maximum absolute atomic E-state index is 5.28. The minimum atomic E-state index is 0.311. The normalized spacial score (nSPS) is 12.0. The maximum atomic E-state index is 5.28. The van der Waals surface area contributed by atoms with Gasteiger partial charge in [0.15, 0.2) is 0 Å². The lowest BCUT2D eigenvalue weighted by atomic mass is 10.1. The Morgan fingerprint density at radius 2 is 1.94 bits per heavy atom. The summed E-state index contributed by atoms with van der Waals surface area (Å²) in [5.74, 6) is 2.66. The first-order chi connectivity index (χ1) is 7.79. The van der Waals surface area contributed by atoms with Gasteiger partial charge in [0.1, 0.15) is 0 Å². The SMILES string of the molecule is C#CCC(C)Nc1ccc2ccccc2c1. The second-order valence-corrected chi connectivity index (χ2v) is 4.02. The molecule has 0 radical (unpaired) electrons. The zero-order valence-electron chi connectivity index (χ0n) is 9.40. The van der Waals surface area contributed by atoms with E-state index in [0.717, 1.165) is 12.1 Å². The molecule has 0 aliphatic rings. The van der Waals surface area contributed by atoms with Gasteiger partial charge in [0.2, 0.25) is 0 Å². The van der Waals surface area contributed by atoms with Crippen LogP contribution in [0.3, 0.4) is 0 Å². The molecule has 1 heteroatoms. The number of hydrogen-bond acceptors (Lipinski definition) is 1. The Hall–Kier alpha value is -1.94. The molecule has 0 spiro atoms. The highest BCUT2D eigenvalue weighted by Gasteiger charge is 2.00. The van der Waals surface area contributed by atoms with Crippen molar-refractivity contribution >= 4 is 16.5 Å². The molecule has 16 heavy (non-hydrogen) atoms. The molecule has 0 heterocycles. The molecule has 0 amide bonds. The van der Waals surface area contributed by atoms with Crippen molar-refractivity contribution in [3.05, 3.63) is 42.5 Å². The zero-order valence-corrected chi connectivity index (χ0v) is 9.40. The van der Waals surface area contributed by atoms with Gasteiger partial charge >= 0.3 is 0 Å². The molecule has 2 aromatic rings. The van der Waals surface area contributed by atoms with Gasteiger partial charge in [-0.25, -0.2) is 0 Å². The van der Waals surface area contributed by atoms with Crippen molar-refractivity contribution in [2.45, 2.75) is 19.4 Å². The molecule has 2 aromatic carbocycles. The van der Waals surface area contributed by atoms with Gasteiger partial charge < -0.3 is 5.32 Å². The molecule has 1 unspecified atom stereocenters. The fourth-order valence-electron chi connectivity index (χ4n) is 1.79. The molecule has 0 bridgehead atoms. The van der Waals surface area contributed by atoms with E-state index in [-0.39, 0.29) is 0 Å². The number of rotatable bonds is 3. The van der Waals surface area contributed by atoms with Crippen molar-refractivity contribution in [3.63, 3.8) is 0 Å². The maximum Gasteiger partial charge on any atom is 0.0348 e. The summed E-state index contributed by atoms with van der Waals surface area (Å²) in [4.78, 5) is 0. The first-order valence-electron chi connectivity index (χ1n) is 5.48. The Morgan fingerprint density at radius 3 is 2.69 bits per heavy atom. The van der Waals surface area contributed by atoms with E-state index >= 15 is 0 Å². The Morgan fingerprint density at radius 1 is 1.19 bits per heavy atom. The van der Waals surface area contributed by atoms with Crippen LogP contribution in [0.25, 0.3) is 10.8 Å². The molecule has 2 rings (SSSR count). The molecule has 0 saturated heterocycles. The standard InChI is InChI=1S/C15H15N/c1-3-6-12(2)16-15-10-9-13-7-4-5-8-14(13)11-15/h1,4-5,7-12,16H,6H2,2H3. The predicted octanol–water partition coefficient (Wildman–Crippen LogP) is 3.66. The molecule has 0 saturated carbocycles. The van der Waals surface area contributed by atoms with Crippen molar-refractivity contribution in [1.82, 2.24) is 0 Å². The Kier molecular flexibility index (Phi) is 3.12. The van der Waals surface area contributed by atoms with Gasteiger partial charge in [-0.05, 0) is 29.8 Å². The van der Waals surface area contributed by atoms with Crippen LogP contribution >= 0.6 is 0 Å². The van der Waals surface area contributed by atoms with Gasteiger partial charge in [-0.1, -0.05) is 30.3 Å². The molecule has 1 N–H and O–H groups in total. The van der Waals surface area contributed by atoms with Crippen molar-refractivity contribution in [1.29, 1.82) is 0 Å². The van der Waals surface area contributed by atoms with Crippen LogP contribution in [0.5, 0.6) is 0 Å². The van der Waals surface area contributed by atoms with Crippen LogP contribution in [0, 0.1) is 12.3 Å². The Labute approximate surface area is 96.5 Å². The number of anilines is 1. The first-order valence-corrected chi connectivity index (χ1v) is 5.48. The van der Waals surface area contributed by atoms with Crippen LogP contribution < -0.4 is 5.32 Å². The quantitative estimate of drug-likeness (QED) is 0.761. The molecule has 1 nitrogen and oxygen atoms in total. The van der Waals surface area contributed by atoms with E-state index < -0.39 is 0 Å². The Balaban J connectivity index is 2.23. The number of fused-ring (bicyclic) bond motifs is 1. The van der Waals surface area contributed by atoms with Crippen LogP contribution in [-0.4, -0.2) is 6.04 Å². The van der Waals surface area contributed by atoms with Crippen LogP contribution in [0.1, 0.15) is 13.3 Å². The van der Waals surface area contributed by atoms with Crippen LogP contribution in [0.4, 0.5) is 5.69 Å². The minimum Gasteiger partial charge on any atom is -0.382 e. The van der Waals surface area contributed by atoms with Gasteiger partial charge in [0.05, 0.1) is 0 Å². The highest BCUT2D eigenvalue weighted by atomic mass is 14.9. The van der Waals surface area contributed by atoms with Crippen molar-refractivity contribution in [2.75, 3.05) is 5.32 Å². The summed E-state index contributed by atoms with van der Waals surface area (Å²) < 4.78 is 0. The van der Waals surface area contributed by atoms with Gasteiger partial charge in [-0.3, -0.25) is 0 Å². The largest absolute Gasteiger partial charge is 0.382 e. The van der Waals surface area contributed by atoms with Gasteiger partial charge in [-0.2, -0.15) is 0 Å². The average molecular weight is 209 g/mol. The van der Waals surface area contributed by atoms with Crippen molar-refractivity contribution in [2.24, 2.45) is 0 Å². The van der Waals surface area contributed by atoms with E-state index in [1.807, 2.05) is 0 Å². The number of terminal acetylenes is 1. The average Bonchev–Trinajstić information content (AvgIpc) is 2.29. The Bertz CT molecular complexity index is 522. The van der Waals surface area contributed by atoms with Crippen LogP contribution in [0.15, 0.2) is 42.5 Å². The lowest BCUT2D eigenvalue weighted by Gasteiger charge is -2.12. The summed E-state index contributed by atoms with van der Waals surface area (Å²) in [6, 6.07) is 15.0. The van der Waals surface area contributed by atoms with Gasteiger partial charge in [0.25, 0.3) is 0 Å². The highest BCUT2D eigenvalue weighted by molar-refractivity contribution is 5.85. The smallest absolute Gasteiger partial charge is 0.0348 e. The fourth-order valence-corrected chi connectivity index (χ4v) is 1.79. The first kappa shape index (κ1) is 10.6.